The van der Waals surface area contributed by atoms with Gasteiger partial charge in [0.25, 0.3) is 0 Å². The summed E-state index contributed by atoms with van der Waals surface area (Å²) in [6.45, 7) is 29.5. The van der Waals surface area contributed by atoms with E-state index >= 15 is 0 Å². The Balaban J connectivity index is -0.0000000332. The monoisotopic (exact) mass is 455 g/mol. The molecule has 0 unspecified atom stereocenters. The van der Waals surface area contributed by atoms with Gasteiger partial charge in [-0.1, -0.05) is 13.8 Å². The van der Waals surface area contributed by atoms with Crippen molar-refractivity contribution in [2.24, 2.45) is 0 Å². The molecule has 0 radical (unpaired) electrons. The Hall–Kier alpha value is -0.222. The molecule has 0 bridgehead atoms. The number of rotatable bonds is 3. The van der Waals surface area contributed by atoms with Crippen LogP contribution in [0.2, 0.25) is 0 Å². The molecule has 19 heavy (non-hydrogen) atoms. The molecule has 0 aromatic heterocycles. The van der Waals surface area contributed by atoms with Crippen LogP contribution in [0.25, 0.3) is 0 Å². The predicted molar refractivity (Wildman–Crippen MR) is 59.2 cm³/mol. The van der Waals surface area contributed by atoms with Crippen LogP contribution in [0.3, 0.4) is 0 Å². The Morgan fingerprint density at radius 3 is 1.00 bits per heavy atom. The van der Waals surface area contributed by atoms with Gasteiger partial charge < -0.3 is 0 Å². The quantitative estimate of drug-likeness (QED) is 0.360. The van der Waals surface area contributed by atoms with Crippen LogP contribution >= 0.6 is 8.07 Å². The Bertz CT molecular complexity index is 197. The Morgan fingerprint density at radius 1 is 0.737 bits per heavy atom. The van der Waals surface area contributed by atoms with Crippen LogP contribution < -0.4 is 0 Å². The molecule has 0 N–H and O–H groups in total. The van der Waals surface area contributed by atoms with Crippen LogP contribution in [-0.4, -0.2) is 30.1 Å². The van der Waals surface area contributed by atoms with E-state index in [2.05, 4.69) is 51.8 Å². The Kier molecular flexibility index (Phi) is 100. The molecule has 6 nitrogen and oxygen atoms in total. The molecular weight excluding hydrogens is 441 g/mol. The maximum Gasteiger partial charge on any atom is 0 e. The van der Waals surface area contributed by atoms with Crippen molar-refractivity contribution in [2.45, 2.75) is 13.8 Å². The fourth-order valence-electron chi connectivity index (χ4n) is 0.951. The molecular formula is C11H14NO5PW. The fourth-order valence-corrected chi connectivity index (χ4v) is 2.67. The van der Waals surface area contributed by atoms with Crippen molar-refractivity contribution in [3.63, 3.8) is 0 Å². The van der Waals surface area contributed by atoms with E-state index in [1.54, 1.807) is 0 Å². The van der Waals surface area contributed by atoms with Crippen LogP contribution in [-0.2, 0) is 44.3 Å². The molecule has 0 amide bonds. The van der Waals surface area contributed by atoms with Gasteiger partial charge in [0.15, 0.2) is 0 Å². The normalized spacial score (nSPS) is 8.89. The van der Waals surface area contributed by atoms with Crippen LogP contribution in [0, 0.1) is 33.3 Å². The molecule has 1 rings (SSSR count). The number of hydrogen-bond acceptors (Lipinski definition) is 1. The van der Waals surface area contributed by atoms with E-state index in [0.29, 0.717) is 8.07 Å². The molecule has 1 fully saturated rings. The Morgan fingerprint density at radius 2 is 0.947 bits per heavy atom. The summed E-state index contributed by atoms with van der Waals surface area (Å²) in [5, 5.41) is 0. The summed E-state index contributed by atoms with van der Waals surface area (Å²) in [6.07, 6.45) is 3.02. The van der Waals surface area contributed by atoms with Crippen molar-refractivity contribution < 1.29 is 44.3 Å². The molecule has 0 saturated carbocycles. The minimum atomic E-state index is 0. The second-order valence-electron chi connectivity index (χ2n) is 2.09. The first-order valence-electron chi connectivity index (χ1n) is 4.40. The van der Waals surface area contributed by atoms with Crippen LogP contribution in [0.4, 0.5) is 0 Å². The predicted octanol–water partition coefficient (Wildman–Crippen LogP) is 1.55. The molecule has 1 saturated heterocycles. The fraction of sp³-hybridized carbons (Fsp3) is 0.545. The molecule has 8 heteroatoms. The van der Waals surface area contributed by atoms with E-state index in [9.17, 15) is 0 Å². The van der Waals surface area contributed by atoms with Crippen LogP contribution in [0.1, 0.15) is 13.8 Å². The Labute approximate surface area is 130 Å². The van der Waals surface area contributed by atoms with Gasteiger partial charge in [0.1, 0.15) is 0 Å². The maximum absolute atomic E-state index is 7.50. The first-order chi connectivity index (χ1) is 8.88. The third kappa shape index (κ3) is 38.1. The molecule has 0 spiro atoms. The van der Waals surface area contributed by atoms with Gasteiger partial charge in [-0.15, -0.1) is 0 Å². The topological polar surface area (TPSA) is 103 Å². The van der Waals surface area contributed by atoms with Crippen molar-refractivity contribution in [1.82, 2.24) is 4.67 Å². The molecule has 104 valence electrons. The third-order valence-electron chi connectivity index (χ3n) is 1.55. The molecule has 0 aliphatic carbocycles. The van der Waals surface area contributed by atoms with Gasteiger partial charge in [-0.3, -0.25) is 4.67 Å². The van der Waals surface area contributed by atoms with Crippen molar-refractivity contribution >= 4 is 8.07 Å². The summed E-state index contributed by atoms with van der Waals surface area (Å²) in [5.74, 6) is 0. The summed E-state index contributed by atoms with van der Waals surface area (Å²) in [5.41, 5.74) is 0. The van der Waals surface area contributed by atoms with E-state index in [4.69, 9.17) is 23.3 Å². The summed E-state index contributed by atoms with van der Waals surface area (Å²) >= 11 is 0. The number of hydrogen-bond donors (Lipinski definition) is 0. The van der Waals surface area contributed by atoms with Gasteiger partial charge in [-0.2, -0.15) is 0 Å². The zero-order valence-electron chi connectivity index (χ0n) is 10.7. The van der Waals surface area contributed by atoms with E-state index < -0.39 is 0 Å². The van der Waals surface area contributed by atoms with E-state index in [1.165, 1.54) is 25.4 Å². The van der Waals surface area contributed by atoms with E-state index in [1.807, 2.05) is 0 Å². The van der Waals surface area contributed by atoms with E-state index in [-0.39, 0.29) is 21.1 Å². The standard InChI is InChI=1S/C6H14NP.5CO.W/c1-3-7(4-2)8-5-6-8;5*1-2;/h3-6H2,1-2H3;;;;;;. The van der Waals surface area contributed by atoms with Gasteiger partial charge in [0, 0.05) is 21.1 Å². The summed E-state index contributed by atoms with van der Waals surface area (Å²) in [6, 6.07) is 0. The summed E-state index contributed by atoms with van der Waals surface area (Å²) in [4.78, 5) is 0. The van der Waals surface area contributed by atoms with Crippen molar-refractivity contribution in [3.8, 4) is 0 Å². The summed E-state index contributed by atoms with van der Waals surface area (Å²) in [7, 11) is 0.419. The van der Waals surface area contributed by atoms with Crippen LogP contribution in [0.15, 0.2) is 0 Å². The van der Waals surface area contributed by atoms with Gasteiger partial charge in [-0.25, -0.2) is 0 Å². The van der Waals surface area contributed by atoms with Crippen molar-refractivity contribution in [1.29, 1.82) is 0 Å². The minimum Gasteiger partial charge on any atom is 0 e. The minimum absolute atomic E-state index is 0. The molecule has 0 atom stereocenters. The van der Waals surface area contributed by atoms with Gasteiger partial charge in [0.2, 0.25) is 0 Å². The maximum atomic E-state index is 7.50. The smallest absolute Gasteiger partial charge is 0 e. The van der Waals surface area contributed by atoms with Crippen LogP contribution in [0.5, 0.6) is 0 Å². The zero-order chi connectivity index (χ0) is 16.0. The second-order valence-corrected chi connectivity index (χ2v) is 4.57. The van der Waals surface area contributed by atoms with Crippen molar-refractivity contribution in [3.05, 3.63) is 33.3 Å². The average molecular weight is 455 g/mol. The molecule has 0 aromatic carbocycles. The molecule has 0 aromatic rings. The van der Waals surface area contributed by atoms with Gasteiger partial charge in [0.05, 0.1) is 0 Å². The second kappa shape index (κ2) is 52.3. The van der Waals surface area contributed by atoms with Crippen molar-refractivity contribution in [2.75, 3.05) is 25.4 Å². The third-order valence-corrected chi connectivity index (χ3v) is 3.77. The molecule has 1 aliphatic heterocycles. The molecule has 1 aliphatic rings. The van der Waals surface area contributed by atoms with Gasteiger partial charge in [-0.05, 0) is 33.5 Å². The average Bonchev–Trinajstić information content (AvgIpc) is 3.36. The number of nitrogens with zero attached hydrogens (tertiary/aromatic N) is 1. The SMILES string of the molecule is CCN(CC)P1CC1.[C-]#[O+].[C-]#[O+].[C-]#[O+].[C-]#[O+].[C-]#[O+].[W]. The van der Waals surface area contributed by atoms with Gasteiger partial charge >= 0.3 is 56.5 Å². The summed E-state index contributed by atoms with van der Waals surface area (Å²) < 4.78 is 40.1. The zero-order valence-corrected chi connectivity index (χ0v) is 14.5. The largest absolute Gasteiger partial charge is 0 e. The van der Waals surface area contributed by atoms with E-state index in [0.717, 1.165) is 0 Å². The first kappa shape index (κ1) is 36.3. The first-order valence-corrected chi connectivity index (χ1v) is 6.06. The molecule has 1 heterocycles.